The molecule has 1 aliphatic heterocycles. The molecule has 2 aliphatic carbocycles. The molecule has 2 aromatic rings. The molecule has 1 heterocycles. The molecule has 2 unspecified atom stereocenters. The van der Waals surface area contributed by atoms with E-state index in [0.717, 1.165) is 43.1 Å². The molecular weight excluding hydrogens is 514 g/mol. The molecule has 2 atom stereocenters. The van der Waals surface area contributed by atoms with Gasteiger partial charge in [0, 0.05) is 5.56 Å². The average molecular weight is 565 g/mol. The molecule has 0 spiro atoms. The van der Waals surface area contributed by atoms with Gasteiger partial charge in [0.25, 0.3) is 0 Å². The third-order valence-corrected chi connectivity index (χ3v) is 10.4. The second-order valence-corrected chi connectivity index (χ2v) is 12.9. The molecule has 3 fully saturated rings. The quantitative estimate of drug-likeness (QED) is 0.267. The van der Waals surface area contributed by atoms with Crippen LogP contribution < -0.4 is 4.74 Å². The zero-order valence-corrected chi connectivity index (χ0v) is 25.3. The fraction of sp³-hybridized carbons (Fsp3) is 0.622. The van der Waals surface area contributed by atoms with Gasteiger partial charge in [0.2, 0.25) is 5.82 Å². The monoisotopic (exact) mass is 564 g/mol. The lowest BCUT2D eigenvalue weighted by atomic mass is 9.66. The highest BCUT2D eigenvalue weighted by Crippen LogP contribution is 2.46. The number of hydrogen-bond acceptors (Lipinski definition) is 2. The van der Waals surface area contributed by atoms with Crippen LogP contribution in [0.5, 0.6) is 5.75 Å². The average Bonchev–Trinajstić information content (AvgIpc) is 3.03. The lowest BCUT2D eigenvalue weighted by Crippen LogP contribution is -2.33. The lowest BCUT2D eigenvalue weighted by Gasteiger charge is -2.41. The van der Waals surface area contributed by atoms with Crippen LogP contribution in [0.25, 0.3) is 11.1 Å². The van der Waals surface area contributed by atoms with Gasteiger partial charge in [-0.2, -0.15) is 4.39 Å². The first-order chi connectivity index (χ1) is 20.1. The Morgan fingerprint density at radius 2 is 1.41 bits per heavy atom. The normalized spacial score (nSPS) is 29.1. The molecule has 0 aromatic heterocycles. The summed E-state index contributed by atoms with van der Waals surface area (Å²) in [6.07, 6.45) is 21.3. The van der Waals surface area contributed by atoms with Crippen molar-refractivity contribution >= 4 is 0 Å². The summed E-state index contributed by atoms with van der Waals surface area (Å²) in [5, 5.41) is 0. The third-order valence-electron chi connectivity index (χ3n) is 10.4. The summed E-state index contributed by atoms with van der Waals surface area (Å²) in [7, 11) is 0. The fourth-order valence-electron chi connectivity index (χ4n) is 7.90. The molecule has 5 rings (SSSR count). The first-order valence-corrected chi connectivity index (χ1v) is 16.5. The van der Waals surface area contributed by atoms with Gasteiger partial charge in [-0.1, -0.05) is 43.3 Å². The molecular formula is C37H50F2O2. The molecule has 1 saturated heterocycles. The first kappa shape index (κ1) is 30.3. The Bertz CT molecular complexity index is 1100. The maximum absolute atomic E-state index is 14.8. The highest BCUT2D eigenvalue weighted by atomic mass is 19.2. The smallest absolute Gasteiger partial charge is 0.201 e. The molecule has 3 aliphatic rings. The Hall–Kier alpha value is -2.20. The summed E-state index contributed by atoms with van der Waals surface area (Å²) in [6, 6.07) is 11.3. The van der Waals surface area contributed by atoms with Crippen LogP contribution in [-0.4, -0.2) is 19.3 Å². The number of rotatable bonds is 10. The largest absolute Gasteiger partial charge is 0.490 e. The van der Waals surface area contributed by atoms with Gasteiger partial charge >= 0.3 is 0 Å². The Morgan fingerprint density at radius 3 is 2.02 bits per heavy atom. The predicted molar refractivity (Wildman–Crippen MR) is 164 cm³/mol. The third kappa shape index (κ3) is 7.61. The Balaban J connectivity index is 1.06. The van der Waals surface area contributed by atoms with Crippen molar-refractivity contribution in [3.8, 4) is 16.9 Å². The zero-order chi connectivity index (χ0) is 28.6. The van der Waals surface area contributed by atoms with E-state index in [2.05, 4.69) is 31.2 Å². The van der Waals surface area contributed by atoms with E-state index in [0.29, 0.717) is 29.8 Å². The molecule has 2 nitrogen and oxygen atoms in total. The first-order valence-electron chi connectivity index (χ1n) is 16.5. The molecule has 0 amide bonds. The molecule has 2 aromatic carbocycles. The maximum atomic E-state index is 14.8. The van der Waals surface area contributed by atoms with E-state index in [4.69, 9.17) is 9.47 Å². The molecule has 0 radical (unpaired) electrons. The van der Waals surface area contributed by atoms with Gasteiger partial charge in [-0.15, -0.1) is 0 Å². The molecule has 0 N–H and O–H groups in total. The maximum Gasteiger partial charge on any atom is 0.201 e. The van der Waals surface area contributed by atoms with Crippen molar-refractivity contribution in [1.82, 2.24) is 0 Å². The van der Waals surface area contributed by atoms with Crippen molar-refractivity contribution in [2.45, 2.75) is 109 Å². The fourth-order valence-corrected chi connectivity index (χ4v) is 7.90. The molecule has 2 saturated carbocycles. The second kappa shape index (κ2) is 14.8. The van der Waals surface area contributed by atoms with Crippen LogP contribution in [0.15, 0.2) is 48.6 Å². The lowest BCUT2D eigenvalue weighted by molar-refractivity contribution is -0.0430. The van der Waals surface area contributed by atoms with Crippen molar-refractivity contribution in [1.29, 1.82) is 0 Å². The van der Waals surface area contributed by atoms with Crippen LogP contribution in [-0.2, 0) is 4.74 Å². The predicted octanol–water partition coefficient (Wildman–Crippen LogP) is 10.7. The zero-order valence-electron chi connectivity index (χ0n) is 25.3. The van der Waals surface area contributed by atoms with Crippen LogP contribution >= 0.6 is 0 Å². The minimum atomic E-state index is -0.899. The van der Waals surface area contributed by atoms with Crippen molar-refractivity contribution in [3.63, 3.8) is 0 Å². The molecule has 4 heteroatoms. The molecule has 0 bridgehead atoms. The van der Waals surface area contributed by atoms with Crippen LogP contribution in [0.3, 0.4) is 0 Å². The van der Waals surface area contributed by atoms with Crippen molar-refractivity contribution in [2.24, 2.45) is 23.7 Å². The van der Waals surface area contributed by atoms with Crippen LogP contribution in [0.4, 0.5) is 8.78 Å². The van der Waals surface area contributed by atoms with E-state index in [1.54, 1.807) is 6.07 Å². The van der Waals surface area contributed by atoms with Crippen LogP contribution in [0.1, 0.15) is 109 Å². The van der Waals surface area contributed by atoms with Gasteiger partial charge in [-0.05, 0) is 143 Å². The highest BCUT2D eigenvalue weighted by molar-refractivity contribution is 5.65. The van der Waals surface area contributed by atoms with Gasteiger partial charge in [0.05, 0.1) is 19.3 Å². The second-order valence-electron chi connectivity index (χ2n) is 12.9. The van der Waals surface area contributed by atoms with E-state index in [9.17, 15) is 8.78 Å². The van der Waals surface area contributed by atoms with E-state index < -0.39 is 11.6 Å². The number of halogens is 2. The van der Waals surface area contributed by atoms with E-state index >= 15 is 0 Å². The summed E-state index contributed by atoms with van der Waals surface area (Å²) < 4.78 is 40.9. The van der Waals surface area contributed by atoms with Crippen molar-refractivity contribution in [2.75, 3.05) is 13.2 Å². The number of hydrogen-bond donors (Lipinski definition) is 0. The molecule has 224 valence electrons. The topological polar surface area (TPSA) is 18.5 Å². The minimum absolute atomic E-state index is 0.0117. The Kier molecular flexibility index (Phi) is 10.9. The number of allylic oxidation sites excluding steroid dienone is 2. The SMILES string of the molecule is CC=CCCC1CCC(C2CCC(C3CCC(c4ccc(-c5ccc(OCCC)c(F)c5F)cc4)CC3)CC2)CO1. The summed E-state index contributed by atoms with van der Waals surface area (Å²) in [4.78, 5) is 0. The summed E-state index contributed by atoms with van der Waals surface area (Å²) >= 11 is 0. The number of ether oxygens (including phenoxy) is 2. The summed E-state index contributed by atoms with van der Waals surface area (Å²) in [5.41, 5.74) is 2.34. The Morgan fingerprint density at radius 1 is 0.780 bits per heavy atom. The molecule has 41 heavy (non-hydrogen) atoms. The van der Waals surface area contributed by atoms with Gasteiger partial charge in [-0.3, -0.25) is 0 Å². The van der Waals surface area contributed by atoms with E-state index in [1.807, 2.05) is 19.1 Å². The van der Waals surface area contributed by atoms with Gasteiger partial charge in [0.15, 0.2) is 11.6 Å². The van der Waals surface area contributed by atoms with E-state index in [1.165, 1.54) is 82.3 Å². The van der Waals surface area contributed by atoms with Crippen molar-refractivity contribution in [3.05, 3.63) is 65.7 Å². The van der Waals surface area contributed by atoms with Crippen molar-refractivity contribution < 1.29 is 18.3 Å². The van der Waals surface area contributed by atoms with E-state index in [-0.39, 0.29) is 5.75 Å². The summed E-state index contributed by atoms with van der Waals surface area (Å²) in [5.74, 6) is 2.25. The van der Waals surface area contributed by atoms with Gasteiger partial charge < -0.3 is 9.47 Å². The van der Waals surface area contributed by atoms with Gasteiger partial charge in [0.1, 0.15) is 0 Å². The van der Waals surface area contributed by atoms with Crippen LogP contribution in [0.2, 0.25) is 0 Å². The number of benzene rings is 2. The van der Waals surface area contributed by atoms with Gasteiger partial charge in [-0.25, -0.2) is 4.39 Å². The minimum Gasteiger partial charge on any atom is -0.490 e. The standard InChI is InChI=1S/C37H50F2O2/c1-3-5-6-7-33-21-20-32(25-41-33)30-14-12-28(13-15-30)26-8-10-27(11-9-26)29-16-18-31(19-17-29)34-22-23-35(40-24-4-2)37(39)36(34)38/h3,5,16-19,22-23,26-28,30,32-33H,4,6-15,20-21,24-25H2,1-2H3. The highest BCUT2D eigenvalue weighted by Gasteiger charge is 2.35. The summed E-state index contributed by atoms with van der Waals surface area (Å²) in [6.45, 7) is 5.40. The van der Waals surface area contributed by atoms with Crippen LogP contribution in [0, 0.1) is 35.3 Å². The Labute approximate surface area is 246 Å².